The highest BCUT2D eigenvalue weighted by molar-refractivity contribution is 5.37. The summed E-state index contributed by atoms with van der Waals surface area (Å²) in [6.45, 7) is 3.79. The van der Waals surface area contributed by atoms with Gasteiger partial charge < -0.3 is 15.0 Å². The van der Waals surface area contributed by atoms with Crippen LogP contribution in [0.4, 0.5) is 5.82 Å². The molecule has 1 fully saturated rings. The van der Waals surface area contributed by atoms with Crippen molar-refractivity contribution >= 4 is 5.82 Å². The van der Waals surface area contributed by atoms with Crippen molar-refractivity contribution in [3.05, 3.63) is 24.4 Å². The quantitative estimate of drug-likeness (QED) is 0.806. The average Bonchev–Trinajstić information content (AvgIpc) is 2.88. The maximum absolute atomic E-state index is 5.17. The van der Waals surface area contributed by atoms with Crippen LogP contribution in [-0.4, -0.2) is 44.4 Å². The number of nitrogens with one attached hydrogen (secondary N) is 1. The Labute approximate surface area is 103 Å². The van der Waals surface area contributed by atoms with Crippen LogP contribution in [0.25, 0.3) is 0 Å². The number of anilines is 1. The minimum absolute atomic E-state index is 0.592. The van der Waals surface area contributed by atoms with Crippen LogP contribution in [0.2, 0.25) is 0 Å². The lowest BCUT2D eigenvalue weighted by Gasteiger charge is -2.26. The van der Waals surface area contributed by atoms with E-state index in [9.17, 15) is 0 Å². The molecule has 0 aromatic carbocycles. The lowest BCUT2D eigenvalue weighted by Crippen LogP contribution is -2.39. The predicted octanol–water partition coefficient (Wildman–Crippen LogP) is 1.29. The number of methoxy groups -OCH3 is 1. The minimum atomic E-state index is 0.592. The zero-order chi connectivity index (χ0) is 11.9. The Hall–Kier alpha value is -1.13. The Kier molecular flexibility index (Phi) is 4.76. The molecule has 2 heterocycles. The molecular weight excluding hydrogens is 214 g/mol. The van der Waals surface area contributed by atoms with E-state index >= 15 is 0 Å². The second kappa shape index (κ2) is 6.57. The molecule has 1 saturated heterocycles. The van der Waals surface area contributed by atoms with E-state index < -0.39 is 0 Å². The molecule has 94 valence electrons. The van der Waals surface area contributed by atoms with E-state index in [1.807, 2.05) is 18.3 Å². The summed E-state index contributed by atoms with van der Waals surface area (Å²) in [4.78, 5) is 6.71. The summed E-state index contributed by atoms with van der Waals surface area (Å²) in [5.74, 6) is 1.04. The van der Waals surface area contributed by atoms with Crippen molar-refractivity contribution in [3.8, 4) is 0 Å². The van der Waals surface area contributed by atoms with Crippen molar-refractivity contribution < 1.29 is 4.74 Å². The van der Waals surface area contributed by atoms with Crippen LogP contribution in [0.3, 0.4) is 0 Å². The Morgan fingerprint density at radius 3 is 3.12 bits per heavy atom. The van der Waals surface area contributed by atoms with Gasteiger partial charge in [-0.2, -0.15) is 0 Å². The van der Waals surface area contributed by atoms with E-state index in [0.29, 0.717) is 6.04 Å². The Balaban J connectivity index is 1.97. The molecule has 1 atom stereocenters. The Morgan fingerprint density at radius 1 is 1.53 bits per heavy atom. The highest BCUT2D eigenvalue weighted by Gasteiger charge is 2.18. The average molecular weight is 235 g/mol. The molecule has 2 rings (SSSR count). The van der Waals surface area contributed by atoms with Gasteiger partial charge in [-0.05, 0) is 31.5 Å². The molecule has 1 aliphatic heterocycles. The van der Waals surface area contributed by atoms with Crippen molar-refractivity contribution in [1.82, 2.24) is 10.3 Å². The van der Waals surface area contributed by atoms with Gasteiger partial charge in [-0.1, -0.05) is 6.07 Å². The summed E-state index contributed by atoms with van der Waals surface area (Å²) in [6.07, 6.45) is 4.39. The van der Waals surface area contributed by atoms with Gasteiger partial charge in [-0.3, -0.25) is 0 Å². The highest BCUT2D eigenvalue weighted by Crippen LogP contribution is 2.13. The Morgan fingerprint density at radius 2 is 2.47 bits per heavy atom. The zero-order valence-electron chi connectivity index (χ0n) is 10.4. The molecule has 0 aliphatic carbocycles. The molecule has 1 aliphatic rings. The van der Waals surface area contributed by atoms with Crippen molar-refractivity contribution in [3.63, 3.8) is 0 Å². The van der Waals surface area contributed by atoms with Crippen molar-refractivity contribution in [2.75, 3.05) is 38.3 Å². The molecule has 1 unspecified atom stereocenters. The number of nitrogens with zero attached hydrogens (tertiary/aromatic N) is 2. The third kappa shape index (κ3) is 3.68. The molecule has 0 spiro atoms. The van der Waals surface area contributed by atoms with Crippen LogP contribution in [-0.2, 0) is 4.74 Å². The van der Waals surface area contributed by atoms with Gasteiger partial charge in [0.25, 0.3) is 0 Å². The molecule has 17 heavy (non-hydrogen) atoms. The smallest absolute Gasteiger partial charge is 0.128 e. The highest BCUT2D eigenvalue weighted by atomic mass is 16.5. The number of rotatable bonds is 6. The van der Waals surface area contributed by atoms with E-state index in [1.165, 1.54) is 12.8 Å². The number of hydrogen-bond donors (Lipinski definition) is 1. The summed E-state index contributed by atoms with van der Waals surface area (Å²) < 4.78 is 5.17. The van der Waals surface area contributed by atoms with Crippen LogP contribution in [0.1, 0.15) is 12.8 Å². The van der Waals surface area contributed by atoms with Crippen molar-refractivity contribution in [2.45, 2.75) is 18.9 Å². The first-order valence-corrected chi connectivity index (χ1v) is 6.28. The van der Waals surface area contributed by atoms with E-state index in [0.717, 1.165) is 32.1 Å². The van der Waals surface area contributed by atoms with Crippen LogP contribution in [0.5, 0.6) is 0 Å². The van der Waals surface area contributed by atoms with Gasteiger partial charge in [0.15, 0.2) is 0 Å². The maximum atomic E-state index is 5.17. The summed E-state index contributed by atoms with van der Waals surface area (Å²) in [6, 6.07) is 6.63. The first-order chi connectivity index (χ1) is 8.40. The van der Waals surface area contributed by atoms with Gasteiger partial charge in [0, 0.05) is 32.4 Å². The Bertz CT molecular complexity index is 312. The number of hydrogen-bond acceptors (Lipinski definition) is 4. The normalized spacial score (nSPS) is 19.5. The first kappa shape index (κ1) is 12.3. The topological polar surface area (TPSA) is 37.4 Å². The summed E-state index contributed by atoms with van der Waals surface area (Å²) in [5.41, 5.74) is 0. The summed E-state index contributed by atoms with van der Waals surface area (Å²) in [7, 11) is 1.74. The van der Waals surface area contributed by atoms with Crippen LogP contribution in [0, 0.1) is 0 Å². The summed E-state index contributed by atoms with van der Waals surface area (Å²) in [5, 5.41) is 3.52. The van der Waals surface area contributed by atoms with Gasteiger partial charge in [0.05, 0.1) is 6.61 Å². The van der Waals surface area contributed by atoms with Crippen LogP contribution >= 0.6 is 0 Å². The third-order valence-electron chi connectivity index (χ3n) is 3.14. The van der Waals surface area contributed by atoms with Gasteiger partial charge in [0.2, 0.25) is 0 Å². The van der Waals surface area contributed by atoms with E-state index in [-0.39, 0.29) is 0 Å². The lowest BCUT2D eigenvalue weighted by atomic mass is 10.2. The predicted molar refractivity (Wildman–Crippen MR) is 69.4 cm³/mol. The monoisotopic (exact) mass is 235 g/mol. The summed E-state index contributed by atoms with van der Waals surface area (Å²) >= 11 is 0. The molecule has 0 bridgehead atoms. The third-order valence-corrected chi connectivity index (χ3v) is 3.14. The molecule has 1 N–H and O–H groups in total. The largest absolute Gasteiger partial charge is 0.383 e. The standard InChI is InChI=1S/C13H21N3O/c1-17-10-9-16(11-12-5-4-8-14-12)13-6-2-3-7-15-13/h2-3,6-7,12,14H,4-5,8-11H2,1H3. The van der Waals surface area contributed by atoms with E-state index in [4.69, 9.17) is 4.74 Å². The molecule has 4 heteroatoms. The SMILES string of the molecule is COCCN(CC1CCCN1)c1ccccn1. The number of pyridine rings is 1. The number of ether oxygens (including phenoxy) is 1. The molecule has 4 nitrogen and oxygen atoms in total. The number of aromatic nitrogens is 1. The zero-order valence-corrected chi connectivity index (χ0v) is 10.4. The fraction of sp³-hybridized carbons (Fsp3) is 0.615. The second-order valence-electron chi connectivity index (χ2n) is 4.42. The lowest BCUT2D eigenvalue weighted by molar-refractivity contribution is 0.204. The van der Waals surface area contributed by atoms with Crippen molar-refractivity contribution in [2.24, 2.45) is 0 Å². The first-order valence-electron chi connectivity index (χ1n) is 6.28. The molecule has 1 aromatic rings. The van der Waals surface area contributed by atoms with Gasteiger partial charge >= 0.3 is 0 Å². The molecular formula is C13H21N3O. The van der Waals surface area contributed by atoms with Gasteiger partial charge in [-0.15, -0.1) is 0 Å². The van der Waals surface area contributed by atoms with Crippen molar-refractivity contribution in [1.29, 1.82) is 0 Å². The van der Waals surface area contributed by atoms with Crippen LogP contribution in [0.15, 0.2) is 24.4 Å². The minimum Gasteiger partial charge on any atom is -0.383 e. The molecule has 0 radical (unpaired) electrons. The molecule has 0 saturated carbocycles. The van der Waals surface area contributed by atoms with E-state index in [2.05, 4.69) is 21.3 Å². The fourth-order valence-electron chi connectivity index (χ4n) is 2.22. The molecule has 1 aromatic heterocycles. The fourth-order valence-corrected chi connectivity index (χ4v) is 2.22. The van der Waals surface area contributed by atoms with Crippen LogP contribution < -0.4 is 10.2 Å². The van der Waals surface area contributed by atoms with Gasteiger partial charge in [-0.25, -0.2) is 4.98 Å². The maximum Gasteiger partial charge on any atom is 0.128 e. The molecule has 0 amide bonds. The van der Waals surface area contributed by atoms with Gasteiger partial charge in [0.1, 0.15) is 5.82 Å². The van der Waals surface area contributed by atoms with E-state index in [1.54, 1.807) is 7.11 Å². The second-order valence-corrected chi connectivity index (χ2v) is 4.42.